The van der Waals surface area contributed by atoms with Crippen molar-refractivity contribution >= 4 is 23.4 Å². The summed E-state index contributed by atoms with van der Waals surface area (Å²) < 4.78 is 0. The Labute approximate surface area is 106 Å². The molecule has 1 aromatic carbocycles. The molecule has 92 valence electrons. The van der Waals surface area contributed by atoms with E-state index in [1.165, 1.54) is 5.69 Å². The molecule has 0 fully saturated rings. The van der Waals surface area contributed by atoms with Gasteiger partial charge in [-0.2, -0.15) is 0 Å². The SMILES string of the molecule is CC(C)CN1CCSc2cc(C(=O)O)ccc21. The first-order chi connectivity index (χ1) is 8.08. The van der Waals surface area contributed by atoms with Crippen LogP contribution in [-0.2, 0) is 0 Å². The van der Waals surface area contributed by atoms with Crippen LogP contribution in [0.25, 0.3) is 0 Å². The molecule has 0 amide bonds. The Hall–Kier alpha value is -1.16. The van der Waals surface area contributed by atoms with Crippen LogP contribution in [0.4, 0.5) is 5.69 Å². The van der Waals surface area contributed by atoms with Crippen LogP contribution in [0.2, 0.25) is 0 Å². The molecule has 1 aromatic rings. The molecule has 1 heterocycles. The lowest BCUT2D eigenvalue weighted by Gasteiger charge is -2.32. The predicted octanol–water partition coefficient (Wildman–Crippen LogP) is 2.95. The Morgan fingerprint density at radius 3 is 2.94 bits per heavy atom. The first-order valence-corrected chi connectivity index (χ1v) is 6.81. The molecule has 17 heavy (non-hydrogen) atoms. The van der Waals surface area contributed by atoms with Gasteiger partial charge in [-0.25, -0.2) is 4.79 Å². The van der Waals surface area contributed by atoms with Crippen molar-refractivity contribution in [1.82, 2.24) is 0 Å². The third-order valence-corrected chi connectivity index (χ3v) is 3.78. The van der Waals surface area contributed by atoms with Gasteiger partial charge in [-0.3, -0.25) is 0 Å². The van der Waals surface area contributed by atoms with Crippen LogP contribution >= 0.6 is 11.8 Å². The fourth-order valence-electron chi connectivity index (χ4n) is 2.04. The standard InChI is InChI=1S/C13H17NO2S/c1-9(2)8-14-5-6-17-12-7-10(13(15)16)3-4-11(12)14/h3-4,7,9H,5-6,8H2,1-2H3,(H,15,16). The minimum absolute atomic E-state index is 0.377. The minimum atomic E-state index is -0.852. The molecule has 2 rings (SSSR count). The Balaban J connectivity index is 2.30. The summed E-state index contributed by atoms with van der Waals surface area (Å²) in [6, 6.07) is 5.42. The smallest absolute Gasteiger partial charge is 0.335 e. The lowest BCUT2D eigenvalue weighted by Crippen LogP contribution is -2.32. The van der Waals surface area contributed by atoms with Crippen molar-refractivity contribution < 1.29 is 9.90 Å². The van der Waals surface area contributed by atoms with Crippen LogP contribution in [0.5, 0.6) is 0 Å². The monoisotopic (exact) mass is 251 g/mol. The summed E-state index contributed by atoms with van der Waals surface area (Å²) in [5.74, 6) is 0.794. The summed E-state index contributed by atoms with van der Waals surface area (Å²) in [4.78, 5) is 14.4. The van der Waals surface area contributed by atoms with Crippen molar-refractivity contribution in [3.63, 3.8) is 0 Å². The average Bonchev–Trinajstić information content (AvgIpc) is 2.28. The fraction of sp³-hybridized carbons (Fsp3) is 0.462. The van der Waals surface area contributed by atoms with E-state index in [9.17, 15) is 4.79 Å². The fourth-order valence-corrected chi connectivity index (χ4v) is 3.13. The first-order valence-electron chi connectivity index (χ1n) is 5.83. The number of hydrogen-bond donors (Lipinski definition) is 1. The van der Waals surface area contributed by atoms with E-state index >= 15 is 0 Å². The van der Waals surface area contributed by atoms with Crippen LogP contribution in [0.3, 0.4) is 0 Å². The van der Waals surface area contributed by atoms with Gasteiger partial charge in [-0.05, 0) is 24.1 Å². The summed E-state index contributed by atoms with van der Waals surface area (Å²) in [6.45, 7) is 6.47. The number of carboxylic acids is 1. The number of carbonyl (C=O) groups is 1. The van der Waals surface area contributed by atoms with Gasteiger partial charge in [-0.15, -0.1) is 11.8 Å². The highest BCUT2D eigenvalue weighted by Gasteiger charge is 2.19. The van der Waals surface area contributed by atoms with Crippen LogP contribution in [0.15, 0.2) is 23.1 Å². The molecule has 0 bridgehead atoms. The zero-order chi connectivity index (χ0) is 12.4. The predicted molar refractivity (Wildman–Crippen MR) is 71.2 cm³/mol. The molecule has 0 unspecified atom stereocenters. The van der Waals surface area contributed by atoms with Crippen molar-refractivity contribution in [2.24, 2.45) is 5.92 Å². The van der Waals surface area contributed by atoms with Crippen LogP contribution < -0.4 is 4.90 Å². The van der Waals surface area contributed by atoms with Crippen LogP contribution in [0, 0.1) is 5.92 Å². The Kier molecular flexibility index (Phi) is 3.62. The van der Waals surface area contributed by atoms with Crippen molar-refractivity contribution in [3.05, 3.63) is 23.8 Å². The number of rotatable bonds is 3. The van der Waals surface area contributed by atoms with Gasteiger partial charge in [0.1, 0.15) is 0 Å². The lowest BCUT2D eigenvalue weighted by molar-refractivity contribution is 0.0696. The molecular weight excluding hydrogens is 234 g/mol. The molecule has 0 atom stereocenters. The topological polar surface area (TPSA) is 40.5 Å². The summed E-state index contributed by atoms with van der Waals surface area (Å²) in [6.07, 6.45) is 0. The highest BCUT2D eigenvalue weighted by molar-refractivity contribution is 7.99. The number of carboxylic acid groups (broad SMARTS) is 1. The van der Waals surface area contributed by atoms with Crippen molar-refractivity contribution in [1.29, 1.82) is 0 Å². The number of anilines is 1. The molecule has 0 saturated carbocycles. The summed E-state index contributed by atoms with van der Waals surface area (Å²) in [5, 5.41) is 8.97. The molecule has 1 aliphatic rings. The number of nitrogens with zero attached hydrogens (tertiary/aromatic N) is 1. The van der Waals surface area contributed by atoms with Gasteiger partial charge in [0.15, 0.2) is 0 Å². The normalized spacial score (nSPS) is 14.9. The van der Waals surface area contributed by atoms with Gasteiger partial charge < -0.3 is 10.0 Å². The maximum Gasteiger partial charge on any atom is 0.335 e. The summed E-state index contributed by atoms with van der Waals surface area (Å²) >= 11 is 1.75. The zero-order valence-electron chi connectivity index (χ0n) is 10.1. The largest absolute Gasteiger partial charge is 0.478 e. The van der Waals surface area contributed by atoms with Crippen LogP contribution in [-0.4, -0.2) is 29.9 Å². The van der Waals surface area contributed by atoms with E-state index in [1.807, 2.05) is 6.07 Å². The van der Waals surface area contributed by atoms with E-state index < -0.39 is 5.97 Å². The first kappa shape index (κ1) is 12.3. The molecule has 0 saturated heterocycles. The van der Waals surface area contributed by atoms with Gasteiger partial charge >= 0.3 is 5.97 Å². The third-order valence-electron chi connectivity index (χ3n) is 2.75. The maximum absolute atomic E-state index is 10.9. The maximum atomic E-state index is 10.9. The Morgan fingerprint density at radius 1 is 1.53 bits per heavy atom. The van der Waals surface area contributed by atoms with Gasteiger partial charge in [0.05, 0.1) is 11.3 Å². The van der Waals surface area contributed by atoms with Crippen molar-refractivity contribution in [3.8, 4) is 0 Å². The number of fused-ring (bicyclic) bond motifs is 1. The molecule has 0 radical (unpaired) electrons. The van der Waals surface area contributed by atoms with E-state index in [0.717, 1.165) is 23.7 Å². The molecular formula is C13H17NO2S. The quantitative estimate of drug-likeness (QED) is 0.896. The van der Waals surface area contributed by atoms with Gasteiger partial charge in [0.25, 0.3) is 0 Å². The second kappa shape index (κ2) is 5.00. The molecule has 0 spiro atoms. The Bertz CT molecular complexity index is 431. The lowest BCUT2D eigenvalue weighted by atomic mass is 10.1. The molecule has 3 nitrogen and oxygen atoms in total. The van der Waals surface area contributed by atoms with E-state index in [1.54, 1.807) is 23.9 Å². The second-order valence-electron chi connectivity index (χ2n) is 4.68. The summed E-state index contributed by atoms with van der Waals surface area (Å²) in [7, 11) is 0. The number of aromatic carboxylic acids is 1. The van der Waals surface area contributed by atoms with Gasteiger partial charge in [0.2, 0.25) is 0 Å². The highest BCUT2D eigenvalue weighted by Crippen LogP contribution is 2.35. The average molecular weight is 251 g/mol. The second-order valence-corrected chi connectivity index (χ2v) is 5.81. The third kappa shape index (κ3) is 2.75. The van der Waals surface area contributed by atoms with Crippen LogP contribution in [0.1, 0.15) is 24.2 Å². The van der Waals surface area contributed by atoms with E-state index in [4.69, 9.17) is 5.11 Å². The zero-order valence-corrected chi connectivity index (χ0v) is 11.0. The highest BCUT2D eigenvalue weighted by atomic mass is 32.2. The molecule has 4 heteroatoms. The minimum Gasteiger partial charge on any atom is -0.478 e. The van der Waals surface area contributed by atoms with Gasteiger partial charge in [-0.1, -0.05) is 13.8 Å². The Morgan fingerprint density at radius 2 is 2.29 bits per heavy atom. The van der Waals surface area contributed by atoms with Gasteiger partial charge in [0, 0.05) is 23.7 Å². The number of benzene rings is 1. The molecule has 0 aromatic heterocycles. The number of thioether (sulfide) groups is 1. The van der Waals surface area contributed by atoms with E-state index in [0.29, 0.717) is 11.5 Å². The number of hydrogen-bond acceptors (Lipinski definition) is 3. The van der Waals surface area contributed by atoms with E-state index in [-0.39, 0.29) is 0 Å². The van der Waals surface area contributed by atoms with Crippen molar-refractivity contribution in [2.45, 2.75) is 18.7 Å². The molecule has 1 aliphatic heterocycles. The molecule has 0 aliphatic carbocycles. The van der Waals surface area contributed by atoms with E-state index in [2.05, 4.69) is 18.7 Å². The van der Waals surface area contributed by atoms with Crippen molar-refractivity contribution in [2.75, 3.05) is 23.7 Å². The summed E-state index contributed by atoms with van der Waals surface area (Å²) in [5.41, 5.74) is 1.56. The molecule has 1 N–H and O–H groups in total.